The molecule has 0 aliphatic heterocycles. The fourth-order valence-corrected chi connectivity index (χ4v) is 2.59. The van der Waals surface area contributed by atoms with E-state index in [0.29, 0.717) is 6.54 Å². The second-order valence-electron chi connectivity index (χ2n) is 6.13. The second-order valence-corrected chi connectivity index (χ2v) is 6.13. The SMILES string of the molecule is Cc1ccc(OCC(O)CN(C)C(C)c2ccncc2)c(C)c1. The van der Waals surface area contributed by atoms with Crippen molar-refractivity contribution in [2.24, 2.45) is 0 Å². The van der Waals surface area contributed by atoms with Crippen molar-refractivity contribution in [2.45, 2.75) is 32.9 Å². The van der Waals surface area contributed by atoms with Gasteiger partial charge in [0.1, 0.15) is 18.5 Å². The van der Waals surface area contributed by atoms with Gasteiger partial charge in [0.25, 0.3) is 0 Å². The Labute approximate surface area is 138 Å². The van der Waals surface area contributed by atoms with Crippen molar-refractivity contribution in [3.05, 3.63) is 59.4 Å². The van der Waals surface area contributed by atoms with Crippen LogP contribution in [0, 0.1) is 13.8 Å². The summed E-state index contributed by atoms with van der Waals surface area (Å²) in [5, 5.41) is 10.2. The van der Waals surface area contributed by atoms with Crippen LogP contribution >= 0.6 is 0 Å². The fraction of sp³-hybridized carbons (Fsp3) is 0.421. The van der Waals surface area contributed by atoms with Crippen LogP contribution in [-0.4, -0.2) is 41.3 Å². The minimum absolute atomic E-state index is 0.216. The number of aliphatic hydroxyl groups excluding tert-OH is 1. The first-order chi connectivity index (χ1) is 11.0. The highest BCUT2D eigenvalue weighted by Crippen LogP contribution is 2.20. The van der Waals surface area contributed by atoms with Gasteiger partial charge < -0.3 is 9.84 Å². The van der Waals surface area contributed by atoms with Crippen LogP contribution in [0.25, 0.3) is 0 Å². The van der Waals surface area contributed by atoms with Crippen molar-refractivity contribution in [1.29, 1.82) is 0 Å². The van der Waals surface area contributed by atoms with Gasteiger partial charge in [-0.1, -0.05) is 17.7 Å². The Bertz CT molecular complexity index is 616. The van der Waals surface area contributed by atoms with Crippen LogP contribution in [0.3, 0.4) is 0 Å². The Kier molecular flexibility index (Phi) is 6.13. The van der Waals surface area contributed by atoms with Crippen LogP contribution in [-0.2, 0) is 0 Å². The summed E-state index contributed by atoms with van der Waals surface area (Å²) in [5.41, 5.74) is 3.49. The molecule has 1 aromatic carbocycles. The van der Waals surface area contributed by atoms with Crippen molar-refractivity contribution in [2.75, 3.05) is 20.2 Å². The number of aliphatic hydroxyl groups is 1. The Balaban J connectivity index is 1.85. The molecule has 0 radical (unpaired) electrons. The van der Waals surface area contributed by atoms with Gasteiger partial charge in [-0.2, -0.15) is 0 Å². The molecule has 1 N–H and O–H groups in total. The molecule has 2 unspecified atom stereocenters. The molecule has 124 valence electrons. The Morgan fingerprint density at radius 3 is 2.52 bits per heavy atom. The number of rotatable bonds is 7. The number of hydrogen-bond acceptors (Lipinski definition) is 4. The van der Waals surface area contributed by atoms with Crippen molar-refractivity contribution in [3.8, 4) is 5.75 Å². The summed E-state index contributed by atoms with van der Waals surface area (Å²) >= 11 is 0. The van der Waals surface area contributed by atoms with E-state index < -0.39 is 6.10 Å². The highest BCUT2D eigenvalue weighted by atomic mass is 16.5. The monoisotopic (exact) mass is 314 g/mol. The van der Waals surface area contributed by atoms with Gasteiger partial charge >= 0.3 is 0 Å². The Morgan fingerprint density at radius 2 is 1.87 bits per heavy atom. The number of aryl methyl sites for hydroxylation is 2. The predicted octanol–water partition coefficient (Wildman–Crippen LogP) is 3.13. The summed E-state index contributed by atoms with van der Waals surface area (Å²) < 4.78 is 5.75. The molecule has 0 spiro atoms. The lowest BCUT2D eigenvalue weighted by Gasteiger charge is -2.27. The molecule has 4 nitrogen and oxygen atoms in total. The van der Waals surface area contributed by atoms with Crippen LogP contribution in [0.1, 0.15) is 29.7 Å². The molecule has 0 saturated carbocycles. The minimum Gasteiger partial charge on any atom is -0.491 e. The lowest BCUT2D eigenvalue weighted by molar-refractivity contribution is 0.0651. The van der Waals surface area contributed by atoms with Gasteiger partial charge in [-0.15, -0.1) is 0 Å². The van der Waals surface area contributed by atoms with Gasteiger partial charge in [-0.25, -0.2) is 0 Å². The minimum atomic E-state index is -0.537. The molecule has 4 heteroatoms. The van der Waals surface area contributed by atoms with Gasteiger partial charge in [-0.3, -0.25) is 9.88 Å². The van der Waals surface area contributed by atoms with Crippen LogP contribution in [0.15, 0.2) is 42.7 Å². The fourth-order valence-electron chi connectivity index (χ4n) is 2.59. The lowest BCUT2D eigenvalue weighted by atomic mass is 10.1. The van der Waals surface area contributed by atoms with Crippen LogP contribution in [0.2, 0.25) is 0 Å². The molecule has 2 aromatic rings. The second kappa shape index (κ2) is 8.09. The van der Waals surface area contributed by atoms with E-state index in [1.54, 1.807) is 12.4 Å². The average Bonchev–Trinajstić information content (AvgIpc) is 2.54. The third-order valence-corrected chi connectivity index (χ3v) is 4.11. The molecule has 0 fully saturated rings. The highest BCUT2D eigenvalue weighted by molar-refractivity contribution is 5.35. The number of hydrogen-bond donors (Lipinski definition) is 1. The standard InChI is InChI=1S/C19H26N2O2/c1-14-5-6-19(15(2)11-14)23-13-18(22)12-21(4)16(3)17-7-9-20-10-8-17/h5-11,16,18,22H,12-13H2,1-4H3. The first-order valence-corrected chi connectivity index (χ1v) is 7.95. The van der Waals surface area contributed by atoms with Crippen molar-refractivity contribution < 1.29 is 9.84 Å². The number of nitrogens with zero attached hydrogens (tertiary/aromatic N) is 2. The van der Waals surface area contributed by atoms with E-state index in [1.165, 1.54) is 11.1 Å². The summed E-state index contributed by atoms with van der Waals surface area (Å²) in [6.07, 6.45) is 3.05. The molecule has 2 atom stereocenters. The van der Waals surface area contributed by atoms with Crippen LogP contribution in [0.4, 0.5) is 0 Å². The van der Waals surface area contributed by atoms with Gasteiger partial charge in [0, 0.05) is 25.0 Å². The third kappa shape index (κ3) is 5.05. The highest BCUT2D eigenvalue weighted by Gasteiger charge is 2.16. The molecular formula is C19H26N2O2. The van der Waals surface area contributed by atoms with E-state index >= 15 is 0 Å². The number of benzene rings is 1. The molecule has 2 rings (SSSR count). The summed E-state index contributed by atoms with van der Waals surface area (Å²) in [4.78, 5) is 6.15. The van der Waals surface area contributed by atoms with Crippen molar-refractivity contribution >= 4 is 0 Å². The predicted molar refractivity (Wildman–Crippen MR) is 92.7 cm³/mol. The molecule has 0 amide bonds. The van der Waals surface area contributed by atoms with E-state index in [1.807, 2.05) is 38.2 Å². The van der Waals surface area contributed by atoms with Crippen molar-refractivity contribution in [3.63, 3.8) is 0 Å². The Hall–Kier alpha value is -1.91. The number of aromatic nitrogens is 1. The maximum atomic E-state index is 10.2. The third-order valence-electron chi connectivity index (χ3n) is 4.11. The summed E-state index contributed by atoms with van der Waals surface area (Å²) in [6, 6.07) is 10.3. The van der Waals surface area contributed by atoms with Gasteiger partial charge in [0.05, 0.1) is 0 Å². The Morgan fingerprint density at radius 1 is 1.17 bits per heavy atom. The average molecular weight is 314 g/mol. The van der Waals surface area contributed by atoms with E-state index in [2.05, 4.69) is 29.8 Å². The molecule has 23 heavy (non-hydrogen) atoms. The smallest absolute Gasteiger partial charge is 0.122 e. The number of likely N-dealkylation sites (N-methyl/N-ethyl adjacent to an activating group) is 1. The van der Waals surface area contributed by atoms with Gasteiger partial charge in [0.2, 0.25) is 0 Å². The largest absolute Gasteiger partial charge is 0.491 e. The zero-order chi connectivity index (χ0) is 16.8. The maximum Gasteiger partial charge on any atom is 0.122 e. The zero-order valence-electron chi connectivity index (χ0n) is 14.4. The molecule has 0 saturated heterocycles. The molecule has 0 aliphatic carbocycles. The zero-order valence-corrected chi connectivity index (χ0v) is 14.4. The molecular weight excluding hydrogens is 288 g/mol. The van der Waals surface area contributed by atoms with Gasteiger partial charge in [-0.05, 0) is 57.1 Å². The topological polar surface area (TPSA) is 45.6 Å². The summed E-state index contributed by atoms with van der Waals surface area (Å²) in [5.74, 6) is 0.833. The van der Waals surface area contributed by atoms with E-state index in [4.69, 9.17) is 4.74 Å². The van der Waals surface area contributed by atoms with E-state index in [0.717, 1.165) is 11.3 Å². The molecule has 0 bridgehead atoms. The summed E-state index contributed by atoms with van der Waals surface area (Å²) in [6.45, 7) is 7.03. The number of ether oxygens (including phenoxy) is 1. The number of pyridine rings is 1. The molecule has 1 heterocycles. The molecule has 1 aromatic heterocycles. The first kappa shape index (κ1) is 17.4. The lowest BCUT2D eigenvalue weighted by Crippen LogP contribution is -2.34. The van der Waals surface area contributed by atoms with Crippen LogP contribution in [0.5, 0.6) is 5.75 Å². The van der Waals surface area contributed by atoms with Gasteiger partial charge in [0.15, 0.2) is 0 Å². The van der Waals surface area contributed by atoms with E-state index in [-0.39, 0.29) is 12.6 Å². The van der Waals surface area contributed by atoms with E-state index in [9.17, 15) is 5.11 Å². The van der Waals surface area contributed by atoms with Crippen molar-refractivity contribution in [1.82, 2.24) is 9.88 Å². The normalized spacial score (nSPS) is 13.8. The maximum absolute atomic E-state index is 10.2. The summed E-state index contributed by atoms with van der Waals surface area (Å²) in [7, 11) is 2.01. The first-order valence-electron chi connectivity index (χ1n) is 7.95. The van der Waals surface area contributed by atoms with Crippen LogP contribution < -0.4 is 4.74 Å². The quantitative estimate of drug-likeness (QED) is 0.853. The molecule has 0 aliphatic rings.